The van der Waals surface area contributed by atoms with Crippen molar-refractivity contribution in [3.63, 3.8) is 0 Å². The highest BCUT2D eigenvalue weighted by atomic mass is 16.4. The Morgan fingerprint density at radius 2 is 2.07 bits per heavy atom. The van der Waals surface area contributed by atoms with E-state index in [1.807, 2.05) is 0 Å². The number of rotatable bonds is 2. The van der Waals surface area contributed by atoms with Gasteiger partial charge in [0.2, 0.25) is 0 Å². The molecule has 1 fully saturated rings. The number of carbonyl (C=O) groups is 1. The van der Waals surface area contributed by atoms with E-state index in [0.29, 0.717) is 11.7 Å². The number of Topliss-reactive ketones (excluding diaryl/α,β-unsaturated/α-hetero) is 1. The molecule has 0 aromatic carbocycles. The van der Waals surface area contributed by atoms with Crippen LogP contribution in [0.3, 0.4) is 0 Å². The van der Waals surface area contributed by atoms with Crippen LogP contribution in [-0.4, -0.2) is 48.9 Å². The molecule has 15 heavy (non-hydrogen) atoms. The van der Waals surface area contributed by atoms with Gasteiger partial charge in [-0.25, -0.2) is 0 Å². The molecule has 82 valence electrons. The molecular formula is C10H15N3O2. The predicted molar refractivity (Wildman–Crippen MR) is 56.2 cm³/mol. The number of hydrogen-bond donors (Lipinski definition) is 0. The lowest BCUT2D eigenvalue weighted by atomic mass is 10.3. The van der Waals surface area contributed by atoms with E-state index >= 15 is 0 Å². The zero-order valence-electron chi connectivity index (χ0n) is 9.06. The third-order valence-electron chi connectivity index (χ3n) is 2.63. The molecule has 1 aliphatic heterocycles. The maximum Gasteiger partial charge on any atom is 0.297 e. The zero-order valence-corrected chi connectivity index (χ0v) is 9.06. The molecule has 0 spiro atoms. The molecule has 0 radical (unpaired) electrons. The summed E-state index contributed by atoms with van der Waals surface area (Å²) < 4.78 is 5.28. The Bertz CT molecular complexity index is 353. The van der Waals surface area contributed by atoms with Gasteiger partial charge in [-0.3, -0.25) is 4.79 Å². The summed E-state index contributed by atoms with van der Waals surface area (Å²) >= 11 is 0. The predicted octanol–water partition coefficient (Wildman–Crippen LogP) is 0.629. The van der Waals surface area contributed by atoms with Gasteiger partial charge in [-0.1, -0.05) is 0 Å². The molecule has 0 N–H and O–H groups in total. The molecule has 0 aliphatic carbocycles. The fourth-order valence-corrected chi connectivity index (χ4v) is 1.57. The Morgan fingerprint density at radius 3 is 2.60 bits per heavy atom. The SMILES string of the molecule is CC(=O)c1coc(N2CCN(C)CC2)n1. The molecule has 0 atom stereocenters. The average Bonchev–Trinajstić information content (AvgIpc) is 2.68. The second-order valence-electron chi connectivity index (χ2n) is 3.86. The Morgan fingerprint density at radius 1 is 1.40 bits per heavy atom. The molecule has 0 amide bonds. The van der Waals surface area contributed by atoms with Crippen LogP contribution < -0.4 is 4.90 Å². The quantitative estimate of drug-likeness (QED) is 0.669. The van der Waals surface area contributed by atoms with E-state index in [1.54, 1.807) is 0 Å². The van der Waals surface area contributed by atoms with Crippen LogP contribution in [0.4, 0.5) is 6.01 Å². The number of oxazole rings is 1. The van der Waals surface area contributed by atoms with Gasteiger partial charge in [-0.05, 0) is 7.05 Å². The average molecular weight is 209 g/mol. The van der Waals surface area contributed by atoms with E-state index < -0.39 is 0 Å². The molecule has 0 saturated carbocycles. The van der Waals surface area contributed by atoms with E-state index in [2.05, 4.69) is 21.8 Å². The molecule has 2 rings (SSSR count). The monoisotopic (exact) mass is 209 g/mol. The van der Waals surface area contributed by atoms with Crippen molar-refractivity contribution >= 4 is 11.8 Å². The lowest BCUT2D eigenvalue weighted by molar-refractivity contribution is 0.101. The maximum atomic E-state index is 11.0. The van der Waals surface area contributed by atoms with Gasteiger partial charge in [0.15, 0.2) is 5.78 Å². The van der Waals surface area contributed by atoms with E-state index in [9.17, 15) is 4.79 Å². The summed E-state index contributed by atoms with van der Waals surface area (Å²) in [6.45, 7) is 5.28. The molecular weight excluding hydrogens is 194 g/mol. The van der Waals surface area contributed by atoms with Gasteiger partial charge in [0.25, 0.3) is 6.01 Å². The number of piperazine rings is 1. The van der Waals surface area contributed by atoms with Crippen molar-refractivity contribution in [2.45, 2.75) is 6.92 Å². The smallest absolute Gasteiger partial charge is 0.297 e. The summed E-state index contributed by atoms with van der Waals surface area (Å²) in [5.41, 5.74) is 0.406. The van der Waals surface area contributed by atoms with Crippen LogP contribution in [-0.2, 0) is 0 Å². The van der Waals surface area contributed by atoms with Gasteiger partial charge in [0.1, 0.15) is 12.0 Å². The lowest BCUT2D eigenvalue weighted by Gasteiger charge is -2.31. The van der Waals surface area contributed by atoms with Gasteiger partial charge >= 0.3 is 0 Å². The van der Waals surface area contributed by atoms with Crippen LogP contribution >= 0.6 is 0 Å². The van der Waals surface area contributed by atoms with Gasteiger partial charge < -0.3 is 14.2 Å². The Labute approximate surface area is 88.7 Å². The van der Waals surface area contributed by atoms with E-state index in [-0.39, 0.29) is 5.78 Å². The molecule has 5 nitrogen and oxygen atoms in total. The summed E-state index contributed by atoms with van der Waals surface area (Å²) in [4.78, 5) is 19.5. The highest BCUT2D eigenvalue weighted by molar-refractivity contribution is 5.92. The Hall–Kier alpha value is -1.36. The van der Waals surface area contributed by atoms with Crippen LogP contribution in [0.1, 0.15) is 17.4 Å². The first-order valence-electron chi connectivity index (χ1n) is 5.07. The minimum Gasteiger partial charge on any atom is -0.431 e. The Balaban J connectivity index is 2.06. The van der Waals surface area contributed by atoms with Crippen LogP contribution in [0.5, 0.6) is 0 Å². The fraction of sp³-hybridized carbons (Fsp3) is 0.600. The summed E-state index contributed by atoms with van der Waals surface area (Å²) in [5, 5.41) is 0. The Kier molecular flexibility index (Phi) is 2.73. The van der Waals surface area contributed by atoms with Crippen LogP contribution in [0, 0.1) is 0 Å². The topological polar surface area (TPSA) is 49.6 Å². The van der Waals surface area contributed by atoms with E-state index in [4.69, 9.17) is 4.42 Å². The first-order valence-corrected chi connectivity index (χ1v) is 5.07. The van der Waals surface area contributed by atoms with Gasteiger partial charge in [-0.2, -0.15) is 4.98 Å². The molecule has 1 aromatic heterocycles. The van der Waals surface area contributed by atoms with E-state index in [0.717, 1.165) is 26.2 Å². The number of carbonyl (C=O) groups excluding carboxylic acids is 1. The highest BCUT2D eigenvalue weighted by Crippen LogP contribution is 2.15. The molecule has 1 aliphatic rings. The summed E-state index contributed by atoms with van der Waals surface area (Å²) in [6, 6.07) is 0.563. The van der Waals surface area contributed by atoms with Crippen LogP contribution in [0.25, 0.3) is 0 Å². The minimum absolute atomic E-state index is 0.0564. The zero-order chi connectivity index (χ0) is 10.8. The normalized spacial score (nSPS) is 18.1. The minimum atomic E-state index is -0.0564. The maximum absolute atomic E-state index is 11.0. The highest BCUT2D eigenvalue weighted by Gasteiger charge is 2.19. The number of anilines is 1. The van der Waals surface area contributed by atoms with Crippen LogP contribution in [0.2, 0.25) is 0 Å². The summed E-state index contributed by atoms with van der Waals surface area (Å²) in [5.74, 6) is -0.0564. The van der Waals surface area contributed by atoms with Crippen molar-refractivity contribution in [1.82, 2.24) is 9.88 Å². The second-order valence-corrected chi connectivity index (χ2v) is 3.86. The molecule has 2 heterocycles. The number of likely N-dealkylation sites (N-methyl/N-ethyl adjacent to an activating group) is 1. The van der Waals surface area contributed by atoms with Gasteiger partial charge in [0, 0.05) is 33.1 Å². The molecule has 0 bridgehead atoms. The third kappa shape index (κ3) is 2.18. The third-order valence-corrected chi connectivity index (χ3v) is 2.63. The summed E-state index contributed by atoms with van der Waals surface area (Å²) in [7, 11) is 2.09. The van der Waals surface area contributed by atoms with Crippen molar-refractivity contribution < 1.29 is 9.21 Å². The van der Waals surface area contributed by atoms with Gasteiger partial charge in [0.05, 0.1) is 0 Å². The molecule has 5 heteroatoms. The lowest BCUT2D eigenvalue weighted by Crippen LogP contribution is -2.44. The largest absolute Gasteiger partial charge is 0.431 e. The molecule has 1 saturated heterocycles. The summed E-state index contributed by atoms with van der Waals surface area (Å²) in [6.07, 6.45) is 1.43. The fourth-order valence-electron chi connectivity index (χ4n) is 1.57. The standard InChI is InChI=1S/C10H15N3O2/c1-8(14)9-7-15-10(11-9)13-5-3-12(2)4-6-13/h7H,3-6H2,1-2H3. The number of hydrogen-bond acceptors (Lipinski definition) is 5. The second kappa shape index (κ2) is 4.02. The van der Waals surface area contributed by atoms with Crippen molar-refractivity contribution in [2.24, 2.45) is 0 Å². The van der Waals surface area contributed by atoms with Crippen LogP contribution in [0.15, 0.2) is 10.7 Å². The molecule has 0 unspecified atom stereocenters. The number of nitrogens with zero attached hydrogens (tertiary/aromatic N) is 3. The van der Waals surface area contributed by atoms with Crippen molar-refractivity contribution in [3.8, 4) is 0 Å². The van der Waals surface area contributed by atoms with E-state index in [1.165, 1.54) is 13.2 Å². The number of aromatic nitrogens is 1. The van der Waals surface area contributed by atoms with Gasteiger partial charge in [-0.15, -0.1) is 0 Å². The van der Waals surface area contributed by atoms with Crippen molar-refractivity contribution in [3.05, 3.63) is 12.0 Å². The number of ketones is 1. The van der Waals surface area contributed by atoms with Crippen molar-refractivity contribution in [2.75, 3.05) is 38.1 Å². The first-order chi connectivity index (χ1) is 7.16. The molecule has 1 aromatic rings. The van der Waals surface area contributed by atoms with Crippen molar-refractivity contribution in [1.29, 1.82) is 0 Å². The first kappa shape index (κ1) is 10.2.